The number of fused-ring (bicyclic) bond motifs is 3. The lowest BCUT2D eigenvalue weighted by molar-refractivity contribution is -0.205. The Balaban J connectivity index is 1.83. The van der Waals surface area contributed by atoms with Gasteiger partial charge in [0.1, 0.15) is 16.4 Å². The van der Waals surface area contributed by atoms with Gasteiger partial charge < -0.3 is 15.3 Å². The highest BCUT2D eigenvalue weighted by Gasteiger charge is 2.62. The van der Waals surface area contributed by atoms with Crippen molar-refractivity contribution >= 4 is 11.3 Å². The minimum Gasteiger partial charge on any atom is -0.508 e. The molecule has 1 saturated carbocycles. The number of aryl methyl sites for hydroxylation is 3. The molecule has 0 aliphatic heterocycles. The van der Waals surface area contributed by atoms with Crippen LogP contribution in [-0.4, -0.2) is 25.9 Å². The second kappa shape index (κ2) is 6.03. The van der Waals surface area contributed by atoms with E-state index >= 15 is 0 Å². The Kier molecular flexibility index (Phi) is 4.22. The van der Waals surface area contributed by atoms with E-state index in [4.69, 9.17) is 0 Å². The van der Waals surface area contributed by atoms with Crippen molar-refractivity contribution in [1.82, 2.24) is 4.98 Å². The summed E-state index contributed by atoms with van der Waals surface area (Å²) in [5.41, 5.74) is 0.550. The Bertz CT molecular complexity index is 870. The van der Waals surface area contributed by atoms with Gasteiger partial charge in [-0.1, -0.05) is 13.0 Å². The third-order valence-electron chi connectivity index (χ3n) is 7.27. The maximum absolute atomic E-state index is 11.7. The molecule has 1 aromatic heterocycles. The first-order valence-electron chi connectivity index (χ1n) is 9.84. The number of hydrogen-bond acceptors (Lipinski definition) is 5. The lowest BCUT2D eigenvalue weighted by atomic mass is 9.49. The average Bonchev–Trinajstić information content (AvgIpc) is 2.95. The van der Waals surface area contributed by atoms with Crippen molar-refractivity contribution in [2.24, 2.45) is 5.92 Å². The van der Waals surface area contributed by atoms with Crippen LogP contribution in [0.25, 0.3) is 0 Å². The molecule has 4 nitrogen and oxygen atoms in total. The maximum Gasteiger partial charge on any atom is 0.144 e. The topological polar surface area (TPSA) is 73.6 Å². The normalized spacial score (nSPS) is 35.6. The van der Waals surface area contributed by atoms with Crippen LogP contribution in [0.15, 0.2) is 18.2 Å². The Morgan fingerprint density at radius 3 is 2.63 bits per heavy atom. The first-order chi connectivity index (χ1) is 12.6. The summed E-state index contributed by atoms with van der Waals surface area (Å²) >= 11 is 1.50. The molecule has 146 valence electrons. The molecule has 2 unspecified atom stereocenters. The second-order valence-electron chi connectivity index (χ2n) is 8.76. The van der Waals surface area contributed by atoms with Gasteiger partial charge in [-0.3, -0.25) is 0 Å². The molecule has 0 radical (unpaired) electrons. The minimum absolute atomic E-state index is 0.182. The standard InChI is InChI=1S/C22H29NO3S/c1-5-21-12-20(4,25)22(26,19-23-13(2)14(3)27-19)11-16(21)7-6-15-10-17(24)8-9-18(15)21/h8-10,16,24-26H,5-7,11-12H2,1-4H3/t16-,20?,21-,22?/m1/s1. The summed E-state index contributed by atoms with van der Waals surface area (Å²) in [6.07, 6.45) is 3.75. The molecular weight excluding hydrogens is 358 g/mol. The molecule has 0 saturated heterocycles. The van der Waals surface area contributed by atoms with Gasteiger partial charge in [-0.2, -0.15) is 0 Å². The highest BCUT2D eigenvalue weighted by Crippen LogP contribution is 2.60. The molecule has 0 bridgehead atoms. The van der Waals surface area contributed by atoms with Crippen LogP contribution in [0.5, 0.6) is 5.75 Å². The highest BCUT2D eigenvalue weighted by atomic mass is 32.1. The molecule has 5 heteroatoms. The van der Waals surface area contributed by atoms with Crippen LogP contribution >= 0.6 is 11.3 Å². The molecule has 0 spiro atoms. The van der Waals surface area contributed by atoms with Crippen LogP contribution in [-0.2, 0) is 17.4 Å². The fourth-order valence-electron chi connectivity index (χ4n) is 5.54. The number of aromatic nitrogens is 1. The van der Waals surface area contributed by atoms with E-state index in [1.807, 2.05) is 26.0 Å². The smallest absolute Gasteiger partial charge is 0.144 e. The van der Waals surface area contributed by atoms with Gasteiger partial charge in [-0.25, -0.2) is 4.98 Å². The van der Waals surface area contributed by atoms with Crippen molar-refractivity contribution in [3.05, 3.63) is 44.9 Å². The lowest BCUT2D eigenvalue weighted by Crippen LogP contribution is -2.62. The maximum atomic E-state index is 11.7. The largest absolute Gasteiger partial charge is 0.508 e. The van der Waals surface area contributed by atoms with Gasteiger partial charge in [0, 0.05) is 10.3 Å². The summed E-state index contributed by atoms with van der Waals surface area (Å²) in [5.74, 6) is 0.570. The molecule has 2 aromatic rings. The summed E-state index contributed by atoms with van der Waals surface area (Å²) in [4.78, 5) is 5.71. The van der Waals surface area contributed by atoms with Crippen LogP contribution in [0.4, 0.5) is 0 Å². The minimum atomic E-state index is -1.32. The van der Waals surface area contributed by atoms with E-state index in [9.17, 15) is 15.3 Å². The van der Waals surface area contributed by atoms with Crippen LogP contribution in [0, 0.1) is 19.8 Å². The van der Waals surface area contributed by atoms with Crippen molar-refractivity contribution < 1.29 is 15.3 Å². The monoisotopic (exact) mass is 387 g/mol. The molecule has 4 rings (SSSR count). The average molecular weight is 388 g/mol. The molecule has 3 N–H and O–H groups in total. The van der Waals surface area contributed by atoms with Crippen LogP contribution in [0.3, 0.4) is 0 Å². The van der Waals surface area contributed by atoms with Crippen molar-refractivity contribution in [3.8, 4) is 5.75 Å². The Labute approximate surface area is 164 Å². The van der Waals surface area contributed by atoms with Crippen molar-refractivity contribution in [1.29, 1.82) is 0 Å². The molecule has 2 aliphatic carbocycles. The number of phenolic OH excluding ortho intramolecular Hbond substituents is 1. The third-order valence-corrected chi connectivity index (χ3v) is 8.50. The van der Waals surface area contributed by atoms with E-state index in [-0.39, 0.29) is 11.3 Å². The lowest BCUT2D eigenvalue weighted by Gasteiger charge is -2.58. The van der Waals surface area contributed by atoms with E-state index in [0.717, 1.165) is 29.8 Å². The van der Waals surface area contributed by atoms with Gasteiger partial charge in [-0.15, -0.1) is 11.3 Å². The van der Waals surface area contributed by atoms with Gasteiger partial charge in [0.15, 0.2) is 0 Å². The summed E-state index contributed by atoms with van der Waals surface area (Å²) in [6, 6.07) is 5.65. The van der Waals surface area contributed by atoms with E-state index < -0.39 is 11.2 Å². The quantitative estimate of drug-likeness (QED) is 0.725. The number of rotatable bonds is 2. The predicted molar refractivity (Wildman–Crippen MR) is 107 cm³/mol. The van der Waals surface area contributed by atoms with Crippen molar-refractivity contribution in [2.75, 3.05) is 0 Å². The van der Waals surface area contributed by atoms with Crippen LogP contribution < -0.4 is 0 Å². The third kappa shape index (κ3) is 2.59. The Morgan fingerprint density at radius 2 is 2.00 bits per heavy atom. The number of nitrogens with zero attached hydrogens (tertiary/aromatic N) is 1. The molecule has 1 aromatic carbocycles. The highest BCUT2D eigenvalue weighted by molar-refractivity contribution is 7.11. The zero-order chi connectivity index (χ0) is 19.6. The predicted octanol–water partition coefficient (Wildman–Crippen LogP) is 4.11. The van der Waals surface area contributed by atoms with E-state index in [2.05, 4.69) is 11.9 Å². The number of benzene rings is 1. The zero-order valence-corrected chi connectivity index (χ0v) is 17.4. The van der Waals surface area contributed by atoms with E-state index in [1.165, 1.54) is 22.5 Å². The zero-order valence-electron chi connectivity index (χ0n) is 16.5. The first-order valence-corrected chi connectivity index (χ1v) is 10.7. The molecule has 1 heterocycles. The van der Waals surface area contributed by atoms with Crippen LogP contribution in [0.2, 0.25) is 0 Å². The molecule has 27 heavy (non-hydrogen) atoms. The molecule has 0 amide bonds. The van der Waals surface area contributed by atoms with Crippen LogP contribution in [0.1, 0.15) is 66.2 Å². The summed E-state index contributed by atoms with van der Waals surface area (Å²) < 4.78 is 0. The Morgan fingerprint density at radius 1 is 1.26 bits per heavy atom. The molecule has 1 fully saturated rings. The number of aromatic hydroxyl groups is 1. The Hall–Kier alpha value is -1.43. The summed E-state index contributed by atoms with van der Waals surface area (Å²) in [6.45, 7) is 7.90. The fraction of sp³-hybridized carbons (Fsp3) is 0.591. The number of aliphatic hydroxyl groups is 2. The van der Waals surface area contributed by atoms with Gasteiger partial charge in [-0.05, 0) is 82.1 Å². The molecule has 4 atom stereocenters. The van der Waals surface area contributed by atoms with Gasteiger partial charge in [0.25, 0.3) is 0 Å². The fourth-order valence-corrected chi connectivity index (χ4v) is 6.68. The number of thiazole rings is 1. The SMILES string of the molecule is CC[C@@]12CC(C)(O)C(O)(c3nc(C)c(C)s3)C[C@H]1CCc1cc(O)ccc12. The second-order valence-corrected chi connectivity index (χ2v) is 9.97. The number of hydrogen-bond donors (Lipinski definition) is 3. The van der Waals surface area contributed by atoms with E-state index in [1.54, 1.807) is 13.0 Å². The van der Waals surface area contributed by atoms with Gasteiger partial charge in [0.2, 0.25) is 0 Å². The molecular formula is C22H29NO3S. The summed E-state index contributed by atoms with van der Waals surface area (Å²) in [7, 11) is 0. The summed E-state index contributed by atoms with van der Waals surface area (Å²) in [5, 5.41) is 33.8. The van der Waals surface area contributed by atoms with Crippen molar-refractivity contribution in [2.45, 2.75) is 76.4 Å². The number of phenols is 1. The van der Waals surface area contributed by atoms with Gasteiger partial charge >= 0.3 is 0 Å². The first kappa shape index (κ1) is 18.9. The van der Waals surface area contributed by atoms with Gasteiger partial charge in [0.05, 0.1) is 11.3 Å². The van der Waals surface area contributed by atoms with Crippen molar-refractivity contribution in [3.63, 3.8) is 0 Å². The molecule has 2 aliphatic rings. The van der Waals surface area contributed by atoms with E-state index in [0.29, 0.717) is 23.6 Å².